The molecular formula is C17H16MoO3. The number of benzene rings is 2. The third-order valence-corrected chi connectivity index (χ3v) is 3.26. The smallest absolute Gasteiger partial charge is 0.338 e. The SMILES string of the molecule is CC(C)OC(=O)c1cccc2c1Cc1ccccc1O2.[Mo]. The van der Waals surface area contributed by atoms with Crippen LogP contribution in [0.5, 0.6) is 11.5 Å². The Bertz CT molecular complexity index is 665. The molecule has 21 heavy (non-hydrogen) atoms. The van der Waals surface area contributed by atoms with Crippen molar-refractivity contribution < 1.29 is 35.3 Å². The van der Waals surface area contributed by atoms with Crippen molar-refractivity contribution in [3.63, 3.8) is 0 Å². The molecule has 108 valence electrons. The van der Waals surface area contributed by atoms with Gasteiger partial charge in [0, 0.05) is 33.0 Å². The van der Waals surface area contributed by atoms with Crippen LogP contribution in [0.1, 0.15) is 35.3 Å². The Hall–Kier alpha value is -1.60. The molecule has 0 unspecified atom stereocenters. The van der Waals surface area contributed by atoms with Gasteiger partial charge in [0.05, 0.1) is 11.7 Å². The van der Waals surface area contributed by atoms with E-state index in [1.54, 1.807) is 6.07 Å². The van der Waals surface area contributed by atoms with Gasteiger partial charge < -0.3 is 9.47 Å². The summed E-state index contributed by atoms with van der Waals surface area (Å²) in [4.78, 5) is 12.2. The number of para-hydroxylation sites is 1. The van der Waals surface area contributed by atoms with Crippen LogP contribution in [-0.4, -0.2) is 12.1 Å². The van der Waals surface area contributed by atoms with Gasteiger partial charge in [-0.25, -0.2) is 4.79 Å². The standard InChI is InChI=1S/C17H16O3.Mo/c1-11(2)19-17(18)13-7-5-9-16-14(13)10-12-6-3-4-8-15(12)20-16;/h3-9,11H,10H2,1-2H3;. The van der Waals surface area contributed by atoms with Crippen LogP contribution < -0.4 is 4.74 Å². The number of rotatable bonds is 2. The van der Waals surface area contributed by atoms with E-state index in [0.717, 1.165) is 22.6 Å². The van der Waals surface area contributed by atoms with E-state index in [9.17, 15) is 4.79 Å². The van der Waals surface area contributed by atoms with Crippen molar-refractivity contribution in [1.29, 1.82) is 0 Å². The molecule has 0 amide bonds. The van der Waals surface area contributed by atoms with Gasteiger partial charge >= 0.3 is 5.97 Å². The molecule has 3 rings (SSSR count). The first-order valence-electron chi connectivity index (χ1n) is 6.74. The predicted molar refractivity (Wildman–Crippen MR) is 76.3 cm³/mol. The Morgan fingerprint density at radius 3 is 2.57 bits per heavy atom. The molecule has 4 heteroatoms. The fourth-order valence-electron chi connectivity index (χ4n) is 2.37. The zero-order valence-corrected chi connectivity index (χ0v) is 14.0. The number of carbonyl (C=O) groups is 1. The average molecular weight is 364 g/mol. The Kier molecular flexibility index (Phi) is 4.84. The van der Waals surface area contributed by atoms with Gasteiger partial charge in [-0.1, -0.05) is 24.3 Å². The summed E-state index contributed by atoms with van der Waals surface area (Å²) >= 11 is 0. The fraction of sp³-hybridized carbons (Fsp3) is 0.235. The van der Waals surface area contributed by atoms with Crippen LogP contribution in [-0.2, 0) is 32.2 Å². The van der Waals surface area contributed by atoms with Gasteiger partial charge in [-0.05, 0) is 37.6 Å². The first-order chi connectivity index (χ1) is 9.65. The Labute approximate surface area is 138 Å². The first-order valence-corrected chi connectivity index (χ1v) is 6.74. The molecule has 0 bridgehead atoms. The second-order valence-electron chi connectivity index (χ2n) is 5.12. The molecule has 2 aromatic rings. The Balaban J connectivity index is 0.00000161. The summed E-state index contributed by atoms with van der Waals surface area (Å²) in [6.07, 6.45) is 0.560. The van der Waals surface area contributed by atoms with Gasteiger partial charge in [-0.15, -0.1) is 0 Å². The van der Waals surface area contributed by atoms with Crippen LogP contribution in [0.3, 0.4) is 0 Å². The second-order valence-corrected chi connectivity index (χ2v) is 5.12. The van der Waals surface area contributed by atoms with E-state index in [4.69, 9.17) is 9.47 Å². The van der Waals surface area contributed by atoms with E-state index in [1.165, 1.54) is 0 Å². The van der Waals surface area contributed by atoms with Gasteiger partial charge in [0.25, 0.3) is 0 Å². The van der Waals surface area contributed by atoms with Crippen LogP contribution in [0, 0.1) is 0 Å². The topological polar surface area (TPSA) is 35.5 Å². The second kappa shape index (κ2) is 6.44. The largest absolute Gasteiger partial charge is 0.459 e. The summed E-state index contributed by atoms with van der Waals surface area (Å²) in [5, 5.41) is 0. The maximum atomic E-state index is 12.2. The molecule has 3 nitrogen and oxygen atoms in total. The van der Waals surface area contributed by atoms with Gasteiger partial charge in [-0.2, -0.15) is 0 Å². The van der Waals surface area contributed by atoms with Crippen molar-refractivity contribution >= 4 is 5.97 Å². The van der Waals surface area contributed by atoms with Gasteiger partial charge in [0.1, 0.15) is 11.5 Å². The van der Waals surface area contributed by atoms with E-state index in [2.05, 4.69) is 0 Å². The molecule has 0 spiro atoms. The maximum Gasteiger partial charge on any atom is 0.338 e. The van der Waals surface area contributed by atoms with Gasteiger partial charge in [-0.3, -0.25) is 0 Å². The number of ether oxygens (including phenoxy) is 2. The number of fused-ring (bicyclic) bond motifs is 2. The summed E-state index contributed by atoms with van der Waals surface area (Å²) < 4.78 is 11.2. The molecule has 0 aliphatic carbocycles. The fourth-order valence-corrected chi connectivity index (χ4v) is 2.37. The van der Waals surface area contributed by atoms with E-state index < -0.39 is 0 Å². The normalized spacial score (nSPS) is 11.8. The summed E-state index contributed by atoms with van der Waals surface area (Å²) in [6.45, 7) is 3.69. The maximum absolute atomic E-state index is 12.2. The van der Waals surface area contributed by atoms with E-state index in [1.807, 2.05) is 50.2 Å². The molecule has 0 saturated heterocycles. The summed E-state index contributed by atoms with van der Waals surface area (Å²) in [5.74, 6) is 1.30. The van der Waals surface area contributed by atoms with E-state index in [0.29, 0.717) is 12.0 Å². The van der Waals surface area contributed by atoms with Crippen molar-refractivity contribution in [2.45, 2.75) is 26.4 Å². The minimum atomic E-state index is -0.292. The van der Waals surface area contributed by atoms with Gasteiger partial charge in [0.15, 0.2) is 0 Å². The minimum absolute atomic E-state index is 0. The van der Waals surface area contributed by atoms with Crippen molar-refractivity contribution in [1.82, 2.24) is 0 Å². The van der Waals surface area contributed by atoms with Crippen molar-refractivity contribution in [3.05, 3.63) is 59.2 Å². The molecule has 1 aliphatic heterocycles. The van der Waals surface area contributed by atoms with Gasteiger partial charge in [0.2, 0.25) is 0 Å². The number of hydrogen-bond donors (Lipinski definition) is 0. The van der Waals surface area contributed by atoms with E-state index in [-0.39, 0.29) is 33.1 Å². The van der Waals surface area contributed by atoms with Crippen molar-refractivity contribution in [2.75, 3.05) is 0 Å². The molecule has 0 aromatic heterocycles. The molecule has 1 aliphatic rings. The molecule has 0 saturated carbocycles. The predicted octanol–water partition coefficient (Wildman–Crippen LogP) is 3.95. The third kappa shape index (κ3) is 3.19. The molecule has 0 atom stereocenters. The molecule has 0 N–H and O–H groups in total. The molecule has 2 aromatic carbocycles. The number of esters is 1. The number of carbonyl (C=O) groups excluding carboxylic acids is 1. The van der Waals surface area contributed by atoms with Crippen LogP contribution in [0.4, 0.5) is 0 Å². The molecular weight excluding hydrogens is 348 g/mol. The minimum Gasteiger partial charge on any atom is -0.459 e. The van der Waals surface area contributed by atoms with Crippen molar-refractivity contribution in [2.24, 2.45) is 0 Å². The van der Waals surface area contributed by atoms with E-state index >= 15 is 0 Å². The Morgan fingerprint density at radius 2 is 1.81 bits per heavy atom. The van der Waals surface area contributed by atoms with Crippen molar-refractivity contribution in [3.8, 4) is 11.5 Å². The summed E-state index contributed by atoms with van der Waals surface area (Å²) in [6, 6.07) is 13.4. The van der Waals surface area contributed by atoms with Crippen LogP contribution >= 0.6 is 0 Å². The summed E-state index contributed by atoms with van der Waals surface area (Å²) in [7, 11) is 0. The van der Waals surface area contributed by atoms with Crippen LogP contribution in [0.15, 0.2) is 42.5 Å². The van der Waals surface area contributed by atoms with Crippen LogP contribution in [0.25, 0.3) is 0 Å². The Morgan fingerprint density at radius 1 is 1.10 bits per heavy atom. The molecule has 1 heterocycles. The average Bonchev–Trinajstić information content (AvgIpc) is 2.43. The zero-order chi connectivity index (χ0) is 14.1. The van der Waals surface area contributed by atoms with Crippen LogP contribution in [0.2, 0.25) is 0 Å². The number of hydrogen-bond acceptors (Lipinski definition) is 3. The quantitative estimate of drug-likeness (QED) is 0.510. The summed E-state index contributed by atoms with van der Waals surface area (Å²) in [5.41, 5.74) is 2.58. The molecule has 0 fully saturated rings. The third-order valence-electron chi connectivity index (χ3n) is 3.26. The molecule has 0 radical (unpaired) electrons. The first kappa shape index (κ1) is 15.8. The monoisotopic (exact) mass is 366 g/mol. The zero-order valence-electron chi connectivity index (χ0n) is 12.0.